The van der Waals surface area contributed by atoms with Gasteiger partial charge in [0.1, 0.15) is 35.4 Å². The Morgan fingerprint density at radius 1 is 0.700 bits per heavy atom. The number of hydrogen-bond donors (Lipinski definition) is 3. The molecule has 0 aliphatic carbocycles. The molecule has 4 aromatic carbocycles. The van der Waals surface area contributed by atoms with E-state index in [1.165, 1.54) is 32.5 Å². The first kappa shape index (κ1) is 43.6. The number of nitrogens with one attached hydrogen (secondary N) is 3. The molecule has 3 N–H and O–H groups in total. The van der Waals surface area contributed by atoms with Gasteiger partial charge in [0.25, 0.3) is 0 Å². The molecule has 0 fully saturated rings. The minimum atomic E-state index is -5.02. The van der Waals surface area contributed by atoms with Gasteiger partial charge in [0.15, 0.2) is 0 Å². The van der Waals surface area contributed by atoms with Crippen LogP contribution in [-0.4, -0.2) is 56.4 Å². The number of rotatable bonds is 18. The highest BCUT2D eigenvalue weighted by Gasteiger charge is 2.33. The fraction of sp³-hybridized carbons (Fsp3) is 0.190. The molecule has 0 aliphatic heterocycles. The summed E-state index contributed by atoms with van der Waals surface area (Å²) in [6, 6.07) is 12.4. The van der Waals surface area contributed by atoms with E-state index in [-0.39, 0.29) is 30.6 Å². The molecule has 6 rings (SSSR count). The summed E-state index contributed by atoms with van der Waals surface area (Å²) in [6.45, 7) is 7.54. The van der Waals surface area contributed by atoms with Crippen LogP contribution in [0.3, 0.4) is 0 Å². The summed E-state index contributed by atoms with van der Waals surface area (Å²) in [7, 11) is -5.02. The summed E-state index contributed by atoms with van der Waals surface area (Å²) in [5, 5.41) is 5.04. The lowest BCUT2D eigenvalue weighted by molar-refractivity contribution is -0.121. The fourth-order valence-electron chi connectivity index (χ4n) is 6.52. The van der Waals surface area contributed by atoms with Crippen molar-refractivity contribution in [3.05, 3.63) is 149 Å². The summed E-state index contributed by atoms with van der Waals surface area (Å²) in [4.78, 5) is 49.2. The number of halogens is 4. The molecule has 2 atom stereocenters. The van der Waals surface area contributed by atoms with Crippen molar-refractivity contribution in [2.24, 2.45) is 0 Å². The predicted molar refractivity (Wildman–Crippen MR) is 227 cm³/mol. The molecule has 18 heteroatoms. The first-order chi connectivity index (χ1) is 28.7. The van der Waals surface area contributed by atoms with Gasteiger partial charge < -0.3 is 15.1 Å². The number of nitrogens with zero attached hydrogens (tertiary/aromatic N) is 3. The number of thiophene rings is 1. The van der Waals surface area contributed by atoms with Crippen LogP contribution in [0.25, 0.3) is 20.3 Å². The van der Waals surface area contributed by atoms with Gasteiger partial charge in [-0.05, 0) is 108 Å². The van der Waals surface area contributed by atoms with Gasteiger partial charge in [-0.25, -0.2) is 32.1 Å². The lowest BCUT2D eigenvalue weighted by Gasteiger charge is -2.29. The van der Waals surface area contributed by atoms with Crippen LogP contribution in [-0.2, 0) is 32.6 Å². The van der Waals surface area contributed by atoms with E-state index in [2.05, 4.69) is 28.2 Å². The van der Waals surface area contributed by atoms with E-state index >= 15 is 0 Å². The van der Waals surface area contributed by atoms with E-state index in [9.17, 15) is 40.4 Å². The molecule has 11 nitrogen and oxygen atoms in total. The molecule has 0 saturated carbocycles. The molecule has 2 aromatic heterocycles. The van der Waals surface area contributed by atoms with Gasteiger partial charge in [-0.3, -0.25) is 9.59 Å². The van der Waals surface area contributed by atoms with E-state index in [0.29, 0.717) is 35.4 Å². The molecule has 0 aliphatic rings. The molecule has 2 heterocycles. The zero-order valence-electron chi connectivity index (χ0n) is 31.7. The third kappa shape index (κ3) is 11.2. The van der Waals surface area contributed by atoms with Crippen molar-refractivity contribution < 1.29 is 40.4 Å². The number of carbonyl (C=O) groups is 3. The van der Waals surface area contributed by atoms with Crippen molar-refractivity contribution >= 4 is 82.4 Å². The summed E-state index contributed by atoms with van der Waals surface area (Å²) in [5.74, 6) is -5.42. The van der Waals surface area contributed by atoms with Crippen molar-refractivity contribution in [2.75, 3.05) is 22.9 Å². The van der Waals surface area contributed by atoms with Crippen molar-refractivity contribution in [1.29, 1.82) is 0 Å². The number of fused-ring (bicyclic) bond motifs is 2. The van der Waals surface area contributed by atoms with E-state index < -0.39 is 76.2 Å². The van der Waals surface area contributed by atoms with E-state index in [4.69, 9.17) is 0 Å². The Kier molecular flexibility index (Phi) is 14.1. The highest BCUT2D eigenvalue weighted by atomic mass is 32.2. The van der Waals surface area contributed by atoms with Gasteiger partial charge in [0, 0.05) is 47.7 Å². The second-order valence-corrected chi connectivity index (χ2v) is 16.8. The molecule has 0 saturated heterocycles. The van der Waals surface area contributed by atoms with Gasteiger partial charge in [-0.15, -0.1) is 35.8 Å². The molecule has 4 amide bonds. The average molecular weight is 879 g/mol. The highest BCUT2D eigenvalue weighted by molar-refractivity contribution is 7.88. The molecule has 0 unspecified atom stereocenters. The number of benzene rings is 4. The zero-order valence-corrected chi connectivity index (χ0v) is 34.2. The minimum Gasteiger partial charge on any atom is -0.325 e. The predicted octanol–water partition coefficient (Wildman–Crippen LogP) is 7.94. The monoisotopic (exact) mass is 878 g/mol. The van der Waals surface area contributed by atoms with Crippen LogP contribution in [0.15, 0.2) is 115 Å². The van der Waals surface area contributed by atoms with Gasteiger partial charge in [0.2, 0.25) is 11.8 Å². The van der Waals surface area contributed by atoms with Gasteiger partial charge in [0.05, 0.1) is 15.7 Å². The first-order valence-electron chi connectivity index (χ1n) is 18.4. The van der Waals surface area contributed by atoms with Crippen LogP contribution in [0.1, 0.15) is 24.0 Å². The third-order valence-corrected chi connectivity index (χ3v) is 11.9. The van der Waals surface area contributed by atoms with Crippen LogP contribution in [0.4, 0.5) is 33.7 Å². The van der Waals surface area contributed by atoms with Crippen LogP contribution in [0.2, 0.25) is 0 Å². The molecule has 312 valence electrons. The van der Waals surface area contributed by atoms with Gasteiger partial charge in [-0.1, -0.05) is 12.2 Å². The van der Waals surface area contributed by atoms with Crippen molar-refractivity contribution in [1.82, 2.24) is 19.7 Å². The zero-order chi connectivity index (χ0) is 43.0. The van der Waals surface area contributed by atoms with Crippen LogP contribution < -0.4 is 24.6 Å². The highest BCUT2D eigenvalue weighted by Crippen LogP contribution is 2.28. The second kappa shape index (κ2) is 19.4. The maximum Gasteiger partial charge on any atom is 0.330 e. The van der Waals surface area contributed by atoms with E-state index in [0.717, 1.165) is 39.1 Å². The molecule has 0 radical (unpaired) electrons. The normalized spacial score (nSPS) is 12.5. The van der Waals surface area contributed by atoms with Crippen molar-refractivity contribution in [3.63, 3.8) is 0 Å². The lowest BCUT2D eigenvalue weighted by atomic mass is 10.0. The molecule has 6 aromatic rings. The number of amides is 4. The van der Waals surface area contributed by atoms with Crippen LogP contribution in [0, 0.1) is 23.3 Å². The van der Waals surface area contributed by atoms with Crippen LogP contribution in [0.5, 0.6) is 0 Å². The van der Waals surface area contributed by atoms with E-state index in [1.54, 1.807) is 52.7 Å². The fourth-order valence-corrected chi connectivity index (χ4v) is 8.87. The number of thiazole rings is 1. The molecular formula is C42H38F4N6O5S3. The van der Waals surface area contributed by atoms with Crippen molar-refractivity contribution in [3.8, 4) is 0 Å². The standard InChI is InChI=1S/C42H38F4N6O5S3/c1-3-5-12-51(33-7-9-38-28(21-33)11-14-58-38)40(53)36(19-26-15-29(43)22-30(44)16-26)48-42(55)50-60(56,57)49-37(20-27-17-31(45)23-32(46)18-27)41(54)52(13-6-4-2)34-8-10-39-35(24-34)47-25-59-39/h3-4,7-11,14-18,21-25,36-37,49H,1-2,5-6,12-13,19-20H2,(H2,48,50,55)/t36-,37-/m0/s1. The summed E-state index contributed by atoms with van der Waals surface area (Å²) in [5.41, 5.74) is 2.86. The number of aromatic nitrogens is 1. The number of carbonyl (C=O) groups excluding carboxylic acids is 3. The Labute approximate surface area is 351 Å². The summed E-state index contributed by atoms with van der Waals surface area (Å²) < 4.78 is 90.5. The third-order valence-electron chi connectivity index (χ3n) is 9.17. The lowest BCUT2D eigenvalue weighted by Crippen LogP contribution is -2.57. The van der Waals surface area contributed by atoms with Crippen molar-refractivity contribution in [2.45, 2.75) is 37.8 Å². The first-order valence-corrected chi connectivity index (χ1v) is 21.6. The van der Waals surface area contributed by atoms with Crippen LogP contribution >= 0.6 is 22.7 Å². The SMILES string of the molecule is C=CCCN(C(=O)[C@H](Cc1cc(F)cc(F)c1)NC(=O)NS(=O)(=O)N[C@@H](Cc1cc(F)cc(F)c1)C(=O)N(CCC=C)c1ccc2scnc2c1)c1ccc2sccc2c1. The van der Waals surface area contributed by atoms with Gasteiger partial charge >= 0.3 is 16.2 Å². The maximum absolute atomic E-state index is 14.4. The Balaban J connectivity index is 1.29. The molecule has 0 spiro atoms. The minimum absolute atomic E-state index is 0.0208. The van der Waals surface area contributed by atoms with E-state index in [1.807, 2.05) is 17.5 Å². The second-order valence-electron chi connectivity index (χ2n) is 13.5. The Hall–Kier alpha value is -5.95. The largest absolute Gasteiger partial charge is 0.330 e. The quantitative estimate of drug-likeness (QED) is 0.0592. The number of anilines is 2. The Bertz CT molecular complexity index is 2630. The number of hydrogen-bond acceptors (Lipinski definition) is 8. The molecular weight excluding hydrogens is 841 g/mol. The molecule has 60 heavy (non-hydrogen) atoms. The summed E-state index contributed by atoms with van der Waals surface area (Å²) >= 11 is 2.86. The Morgan fingerprint density at radius 2 is 1.23 bits per heavy atom. The smallest absolute Gasteiger partial charge is 0.325 e. The summed E-state index contributed by atoms with van der Waals surface area (Å²) in [6.07, 6.45) is 2.68. The van der Waals surface area contributed by atoms with Gasteiger partial charge in [-0.2, -0.15) is 13.1 Å². The average Bonchev–Trinajstić information content (AvgIpc) is 3.86. The molecule has 0 bridgehead atoms. The number of urea groups is 1. The Morgan fingerprint density at radius 3 is 1.82 bits per heavy atom. The maximum atomic E-state index is 14.4. The topological polar surface area (TPSA) is 141 Å².